The largest absolute Gasteiger partial charge is 0.369 e. The zero-order valence-electron chi connectivity index (χ0n) is 24.1. The molecule has 2 aromatic carbocycles. The molecular formula is C31H42N8. The normalized spacial score (nSPS) is 14.1. The molecule has 4 aromatic rings. The second-order valence-electron chi connectivity index (χ2n) is 11.5. The van der Waals surface area contributed by atoms with Crippen LogP contribution in [0.4, 0.5) is 23.0 Å². The Morgan fingerprint density at radius 2 is 1.31 bits per heavy atom. The third kappa shape index (κ3) is 6.32. The average Bonchev–Trinajstić information content (AvgIpc) is 2.95. The first-order valence-corrected chi connectivity index (χ1v) is 14.3. The molecule has 1 N–H and O–H groups in total. The summed E-state index contributed by atoms with van der Waals surface area (Å²) in [5.41, 5.74) is 4.43. The summed E-state index contributed by atoms with van der Waals surface area (Å²) in [7, 11) is 2.13. The van der Waals surface area contributed by atoms with Gasteiger partial charge in [0.15, 0.2) is 0 Å². The molecule has 0 atom stereocenters. The molecule has 0 saturated carbocycles. The highest BCUT2D eigenvalue weighted by atomic mass is 15.3. The maximum Gasteiger partial charge on any atom is 0.139 e. The lowest BCUT2D eigenvalue weighted by Crippen LogP contribution is -2.46. The van der Waals surface area contributed by atoms with E-state index in [2.05, 4.69) is 111 Å². The molecule has 0 bridgehead atoms. The Balaban J connectivity index is 1.25. The van der Waals surface area contributed by atoms with Crippen LogP contribution in [0.5, 0.6) is 0 Å². The van der Waals surface area contributed by atoms with Crippen LogP contribution in [-0.4, -0.2) is 66.3 Å². The molecule has 0 unspecified atom stereocenters. The standard InChI is InChI=1S/C31H42N8/c1-22(2)10-12-32-30-26-8-6-24(18-28(26)33-20-35-30)38-14-16-39(17-15-38)25-7-9-27-29(19-25)34-21-36-31(27)37(5)13-11-23(3)4/h6-9,18-23H,10-17H2,1-5H3,(H,32,33,35). The lowest BCUT2D eigenvalue weighted by atomic mass is 10.1. The molecule has 8 heteroatoms. The number of anilines is 4. The van der Waals surface area contributed by atoms with Crippen LogP contribution in [0, 0.1) is 11.8 Å². The van der Waals surface area contributed by atoms with Gasteiger partial charge in [-0.2, -0.15) is 0 Å². The fourth-order valence-electron chi connectivity index (χ4n) is 5.17. The molecule has 3 heterocycles. The molecule has 1 saturated heterocycles. The Morgan fingerprint density at radius 1 is 0.744 bits per heavy atom. The molecule has 39 heavy (non-hydrogen) atoms. The highest BCUT2D eigenvalue weighted by molar-refractivity contribution is 5.92. The molecule has 1 fully saturated rings. The van der Waals surface area contributed by atoms with Crippen molar-refractivity contribution in [2.75, 3.05) is 66.3 Å². The molecule has 5 rings (SSSR count). The number of nitrogens with one attached hydrogen (secondary N) is 1. The molecular weight excluding hydrogens is 484 g/mol. The third-order valence-electron chi connectivity index (χ3n) is 7.65. The SMILES string of the molecule is CC(C)CCNc1ncnc2cc(N3CCN(c4ccc5c(N(C)CCC(C)C)ncnc5c4)CC3)ccc12. The van der Waals surface area contributed by atoms with Gasteiger partial charge in [0.05, 0.1) is 11.0 Å². The van der Waals surface area contributed by atoms with Crippen molar-refractivity contribution < 1.29 is 0 Å². The number of hydrogen-bond donors (Lipinski definition) is 1. The van der Waals surface area contributed by atoms with E-state index in [9.17, 15) is 0 Å². The molecule has 0 radical (unpaired) electrons. The molecule has 1 aliphatic heterocycles. The number of piperazine rings is 1. The second kappa shape index (κ2) is 12.0. The monoisotopic (exact) mass is 526 g/mol. The number of fused-ring (bicyclic) bond motifs is 2. The van der Waals surface area contributed by atoms with Gasteiger partial charge in [-0.05, 0) is 61.1 Å². The Hall–Kier alpha value is -3.68. The highest BCUT2D eigenvalue weighted by Gasteiger charge is 2.19. The van der Waals surface area contributed by atoms with Crippen LogP contribution >= 0.6 is 0 Å². The van der Waals surface area contributed by atoms with Crippen molar-refractivity contribution in [3.05, 3.63) is 49.1 Å². The number of aromatic nitrogens is 4. The van der Waals surface area contributed by atoms with Gasteiger partial charge in [0.25, 0.3) is 0 Å². The maximum absolute atomic E-state index is 4.61. The summed E-state index contributed by atoms with van der Waals surface area (Å²) >= 11 is 0. The smallest absolute Gasteiger partial charge is 0.139 e. The molecule has 0 amide bonds. The highest BCUT2D eigenvalue weighted by Crippen LogP contribution is 2.29. The van der Waals surface area contributed by atoms with E-state index >= 15 is 0 Å². The van der Waals surface area contributed by atoms with Crippen molar-refractivity contribution in [3.63, 3.8) is 0 Å². The van der Waals surface area contributed by atoms with Crippen molar-refractivity contribution in [2.45, 2.75) is 40.5 Å². The summed E-state index contributed by atoms with van der Waals surface area (Å²) in [5, 5.41) is 5.68. The van der Waals surface area contributed by atoms with Crippen LogP contribution in [0.3, 0.4) is 0 Å². The van der Waals surface area contributed by atoms with Crippen molar-refractivity contribution >= 4 is 44.8 Å². The van der Waals surface area contributed by atoms with E-state index in [1.165, 1.54) is 11.4 Å². The van der Waals surface area contributed by atoms with Gasteiger partial charge >= 0.3 is 0 Å². The Labute approximate surface area is 232 Å². The van der Waals surface area contributed by atoms with Crippen molar-refractivity contribution in [2.24, 2.45) is 11.8 Å². The van der Waals surface area contributed by atoms with Crippen LogP contribution in [0.15, 0.2) is 49.1 Å². The van der Waals surface area contributed by atoms with Gasteiger partial charge in [0.2, 0.25) is 0 Å². The minimum Gasteiger partial charge on any atom is -0.369 e. The van der Waals surface area contributed by atoms with E-state index in [0.29, 0.717) is 11.8 Å². The van der Waals surface area contributed by atoms with Gasteiger partial charge in [-0.25, -0.2) is 19.9 Å². The molecule has 8 nitrogen and oxygen atoms in total. The van der Waals surface area contributed by atoms with Gasteiger partial charge in [-0.3, -0.25) is 0 Å². The summed E-state index contributed by atoms with van der Waals surface area (Å²) in [6, 6.07) is 13.2. The lowest BCUT2D eigenvalue weighted by molar-refractivity contribution is 0.584. The Kier molecular flexibility index (Phi) is 8.29. The van der Waals surface area contributed by atoms with E-state index in [-0.39, 0.29) is 0 Å². The van der Waals surface area contributed by atoms with Crippen molar-refractivity contribution in [1.82, 2.24) is 19.9 Å². The summed E-state index contributed by atoms with van der Waals surface area (Å²) < 4.78 is 0. The third-order valence-corrected chi connectivity index (χ3v) is 7.65. The van der Waals surface area contributed by atoms with Gasteiger partial charge < -0.3 is 20.0 Å². The van der Waals surface area contributed by atoms with Crippen molar-refractivity contribution in [1.29, 1.82) is 0 Å². The van der Waals surface area contributed by atoms with Gasteiger partial charge in [0.1, 0.15) is 24.3 Å². The predicted molar refractivity (Wildman–Crippen MR) is 164 cm³/mol. The van der Waals surface area contributed by atoms with Crippen LogP contribution in [0.1, 0.15) is 40.5 Å². The van der Waals surface area contributed by atoms with E-state index in [4.69, 9.17) is 0 Å². The maximum atomic E-state index is 4.61. The lowest BCUT2D eigenvalue weighted by Gasteiger charge is -2.37. The van der Waals surface area contributed by atoms with Crippen LogP contribution < -0.4 is 20.0 Å². The molecule has 2 aromatic heterocycles. The van der Waals surface area contributed by atoms with Crippen LogP contribution in [0.25, 0.3) is 21.8 Å². The summed E-state index contributed by atoms with van der Waals surface area (Å²) in [6.07, 6.45) is 5.62. The first kappa shape index (κ1) is 26.9. The Bertz CT molecular complexity index is 1390. The Morgan fingerprint density at radius 3 is 1.92 bits per heavy atom. The van der Waals surface area contributed by atoms with E-state index in [0.717, 1.165) is 85.6 Å². The summed E-state index contributed by atoms with van der Waals surface area (Å²) in [4.78, 5) is 25.4. The topological polar surface area (TPSA) is 73.3 Å². The van der Waals surface area contributed by atoms with E-state index in [1.807, 2.05) is 0 Å². The number of hydrogen-bond acceptors (Lipinski definition) is 8. The first-order chi connectivity index (χ1) is 18.9. The summed E-state index contributed by atoms with van der Waals surface area (Å²) in [6.45, 7) is 14.7. The number of benzene rings is 2. The van der Waals surface area contributed by atoms with E-state index < -0.39 is 0 Å². The molecule has 0 spiro atoms. The van der Waals surface area contributed by atoms with Gasteiger partial charge in [-0.15, -0.1) is 0 Å². The molecule has 206 valence electrons. The zero-order chi connectivity index (χ0) is 27.4. The minimum atomic E-state index is 0.664. The first-order valence-electron chi connectivity index (χ1n) is 14.3. The molecule has 0 aliphatic carbocycles. The molecule has 1 aliphatic rings. The number of nitrogens with zero attached hydrogens (tertiary/aromatic N) is 7. The minimum absolute atomic E-state index is 0.664. The predicted octanol–water partition coefficient (Wildman–Crippen LogP) is 5.84. The summed E-state index contributed by atoms with van der Waals surface area (Å²) in [5.74, 6) is 3.27. The van der Waals surface area contributed by atoms with Gasteiger partial charge in [0, 0.05) is 68.5 Å². The van der Waals surface area contributed by atoms with Crippen LogP contribution in [0.2, 0.25) is 0 Å². The average molecular weight is 527 g/mol. The number of rotatable bonds is 10. The second-order valence-corrected chi connectivity index (χ2v) is 11.5. The zero-order valence-corrected chi connectivity index (χ0v) is 24.1. The van der Waals surface area contributed by atoms with E-state index in [1.54, 1.807) is 12.7 Å². The fraction of sp³-hybridized carbons (Fsp3) is 0.484. The quantitative estimate of drug-likeness (QED) is 0.276. The fourth-order valence-corrected chi connectivity index (χ4v) is 5.17. The van der Waals surface area contributed by atoms with Crippen LogP contribution in [-0.2, 0) is 0 Å². The van der Waals surface area contributed by atoms with Gasteiger partial charge in [-0.1, -0.05) is 27.7 Å². The van der Waals surface area contributed by atoms with Crippen molar-refractivity contribution in [3.8, 4) is 0 Å².